The number of nitrogens with one attached hydrogen (secondary N) is 1. The van der Waals surface area contributed by atoms with Crippen molar-refractivity contribution in [1.82, 2.24) is 4.98 Å². The number of carbonyl (C=O) groups is 2. The Morgan fingerprint density at radius 2 is 2.03 bits per heavy atom. The third-order valence-electron chi connectivity index (χ3n) is 5.15. The summed E-state index contributed by atoms with van der Waals surface area (Å²) in [5, 5.41) is 2.82. The molecule has 1 aromatic heterocycles. The van der Waals surface area contributed by atoms with Gasteiger partial charge in [-0.15, -0.1) is 11.6 Å². The molecule has 2 amide bonds. The SMILES string of the molecule is COc1ccc(NC(=O)CCl)c(N(C(=O)Cc2cccnc2)C2CCCCC2)c1. The van der Waals surface area contributed by atoms with Crippen LogP contribution in [0.15, 0.2) is 42.7 Å². The van der Waals surface area contributed by atoms with Crippen LogP contribution in [0.1, 0.15) is 37.7 Å². The molecule has 1 aliphatic carbocycles. The van der Waals surface area contributed by atoms with Crippen LogP contribution in [0.25, 0.3) is 0 Å². The van der Waals surface area contributed by atoms with Crippen LogP contribution in [0.2, 0.25) is 0 Å². The average Bonchev–Trinajstić information content (AvgIpc) is 2.76. The minimum Gasteiger partial charge on any atom is -0.497 e. The van der Waals surface area contributed by atoms with Gasteiger partial charge in [-0.25, -0.2) is 0 Å². The van der Waals surface area contributed by atoms with Gasteiger partial charge >= 0.3 is 0 Å². The van der Waals surface area contributed by atoms with Crippen LogP contribution in [0.5, 0.6) is 5.75 Å². The van der Waals surface area contributed by atoms with Gasteiger partial charge in [-0.1, -0.05) is 25.3 Å². The summed E-state index contributed by atoms with van der Waals surface area (Å²) in [6.45, 7) is 0. The number of amides is 2. The maximum Gasteiger partial charge on any atom is 0.239 e. The second kappa shape index (κ2) is 10.3. The Morgan fingerprint density at radius 3 is 2.69 bits per heavy atom. The Bertz CT molecular complexity index is 838. The van der Waals surface area contributed by atoms with Gasteiger partial charge < -0.3 is 15.0 Å². The van der Waals surface area contributed by atoms with Crippen molar-refractivity contribution in [2.75, 3.05) is 23.2 Å². The Hall–Kier alpha value is -2.60. The van der Waals surface area contributed by atoms with Crippen LogP contribution in [0.4, 0.5) is 11.4 Å². The van der Waals surface area contributed by atoms with Crippen LogP contribution < -0.4 is 15.0 Å². The molecule has 2 aromatic rings. The lowest BCUT2D eigenvalue weighted by atomic mass is 9.93. The highest BCUT2D eigenvalue weighted by atomic mass is 35.5. The van der Waals surface area contributed by atoms with E-state index >= 15 is 0 Å². The van der Waals surface area contributed by atoms with Crippen LogP contribution in [0, 0.1) is 0 Å². The van der Waals surface area contributed by atoms with E-state index in [1.807, 2.05) is 17.0 Å². The van der Waals surface area contributed by atoms with Gasteiger partial charge in [0.1, 0.15) is 11.6 Å². The maximum absolute atomic E-state index is 13.4. The highest BCUT2D eigenvalue weighted by Gasteiger charge is 2.29. The third kappa shape index (κ3) is 5.48. The topological polar surface area (TPSA) is 71.5 Å². The van der Waals surface area contributed by atoms with E-state index in [0.717, 1.165) is 31.2 Å². The second-order valence-electron chi connectivity index (χ2n) is 7.16. The normalized spacial score (nSPS) is 14.3. The van der Waals surface area contributed by atoms with Crippen molar-refractivity contribution in [2.45, 2.75) is 44.6 Å². The Balaban J connectivity index is 2.00. The number of aromatic nitrogens is 1. The number of ether oxygens (including phenoxy) is 1. The van der Waals surface area contributed by atoms with Crippen molar-refractivity contribution in [3.63, 3.8) is 0 Å². The summed E-state index contributed by atoms with van der Waals surface area (Å²) in [7, 11) is 1.58. The van der Waals surface area contributed by atoms with E-state index in [0.29, 0.717) is 17.1 Å². The van der Waals surface area contributed by atoms with Gasteiger partial charge in [-0.05, 0) is 36.6 Å². The minimum atomic E-state index is -0.318. The van der Waals surface area contributed by atoms with Crippen molar-refractivity contribution in [3.05, 3.63) is 48.3 Å². The fraction of sp³-hybridized carbons (Fsp3) is 0.409. The molecule has 0 saturated heterocycles. The quantitative estimate of drug-likeness (QED) is 0.688. The average molecular weight is 416 g/mol. The Kier molecular flexibility index (Phi) is 7.47. The van der Waals surface area contributed by atoms with E-state index in [2.05, 4.69) is 10.3 Å². The zero-order valence-corrected chi connectivity index (χ0v) is 17.3. The number of hydrogen-bond acceptors (Lipinski definition) is 4. The van der Waals surface area contributed by atoms with E-state index in [1.165, 1.54) is 6.42 Å². The lowest BCUT2D eigenvalue weighted by Gasteiger charge is -2.36. The molecule has 3 rings (SSSR count). The molecule has 0 aliphatic heterocycles. The number of carbonyl (C=O) groups excluding carboxylic acids is 2. The highest BCUT2D eigenvalue weighted by molar-refractivity contribution is 6.29. The molecule has 1 aromatic carbocycles. The van der Waals surface area contributed by atoms with Crippen molar-refractivity contribution >= 4 is 34.8 Å². The monoisotopic (exact) mass is 415 g/mol. The molecule has 0 atom stereocenters. The third-order valence-corrected chi connectivity index (χ3v) is 5.39. The number of benzene rings is 1. The lowest BCUT2D eigenvalue weighted by Crippen LogP contribution is -2.43. The molecule has 1 N–H and O–H groups in total. The Morgan fingerprint density at radius 1 is 1.24 bits per heavy atom. The fourth-order valence-corrected chi connectivity index (χ4v) is 3.83. The maximum atomic E-state index is 13.4. The van der Waals surface area contributed by atoms with Gasteiger partial charge in [0.25, 0.3) is 0 Å². The van der Waals surface area contributed by atoms with E-state index in [1.54, 1.807) is 37.7 Å². The van der Waals surface area contributed by atoms with E-state index in [4.69, 9.17) is 16.3 Å². The van der Waals surface area contributed by atoms with Crippen molar-refractivity contribution < 1.29 is 14.3 Å². The van der Waals surface area contributed by atoms with Crippen LogP contribution in [-0.2, 0) is 16.0 Å². The first-order chi connectivity index (χ1) is 14.1. The number of alkyl halides is 1. The number of nitrogens with zero attached hydrogens (tertiary/aromatic N) is 2. The molecule has 7 heteroatoms. The Labute approximate surface area is 176 Å². The van der Waals surface area contributed by atoms with Crippen molar-refractivity contribution in [2.24, 2.45) is 0 Å². The summed E-state index contributed by atoms with van der Waals surface area (Å²) >= 11 is 5.69. The predicted molar refractivity (Wildman–Crippen MR) is 115 cm³/mol. The molecule has 0 bridgehead atoms. The zero-order valence-electron chi connectivity index (χ0n) is 16.6. The van der Waals surface area contributed by atoms with Crippen LogP contribution in [-0.4, -0.2) is 35.8 Å². The van der Waals surface area contributed by atoms with E-state index < -0.39 is 0 Å². The van der Waals surface area contributed by atoms with Crippen molar-refractivity contribution in [1.29, 1.82) is 0 Å². The summed E-state index contributed by atoms with van der Waals surface area (Å²) in [4.78, 5) is 31.3. The van der Waals surface area contributed by atoms with Gasteiger partial charge in [0.2, 0.25) is 11.8 Å². The second-order valence-corrected chi connectivity index (χ2v) is 7.43. The predicted octanol–water partition coefficient (Wildman–Crippen LogP) is 4.18. The van der Waals surface area contributed by atoms with Gasteiger partial charge in [0, 0.05) is 24.5 Å². The molecule has 0 radical (unpaired) electrons. The molecular formula is C22H26ClN3O3. The first-order valence-corrected chi connectivity index (χ1v) is 10.4. The molecule has 0 spiro atoms. The smallest absolute Gasteiger partial charge is 0.239 e. The lowest BCUT2D eigenvalue weighted by molar-refractivity contribution is -0.118. The minimum absolute atomic E-state index is 0.0282. The molecule has 154 valence electrons. The van der Waals surface area contributed by atoms with Crippen LogP contribution >= 0.6 is 11.6 Å². The zero-order chi connectivity index (χ0) is 20.6. The van der Waals surface area contributed by atoms with Gasteiger partial charge in [0.15, 0.2) is 0 Å². The van der Waals surface area contributed by atoms with Crippen molar-refractivity contribution in [3.8, 4) is 5.75 Å². The molecule has 1 fully saturated rings. The number of methoxy groups -OCH3 is 1. The number of hydrogen-bond donors (Lipinski definition) is 1. The number of halogens is 1. The summed E-state index contributed by atoms with van der Waals surface area (Å²) < 4.78 is 5.39. The van der Waals surface area contributed by atoms with Gasteiger partial charge in [0.05, 0.1) is 24.9 Å². The summed E-state index contributed by atoms with van der Waals surface area (Å²) in [6, 6.07) is 9.12. The summed E-state index contributed by atoms with van der Waals surface area (Å²) in [5.41, 5.74) is 2.05. The molecule has 0 unspecified atom stereocenters. The number of anilines is 2. The van der Waals surface area contributed by atoms with Gasteiger partial charge in [-0.3, -0.25) is 14.6 Å². The molecule has 1 aliphatic rings. The van der Waals surface area contributed by atoms with E-state index in [9.17, 15) is 9.59 Å². The summed E-state index contributed by atoms with van der Waals surface area (Å²) in [5.74, 6) is 0.123. The molecule has 1 saturated carbocycles. The molecule has 29 heavy (non-hydrogen) atoms. The highest BCUT2D eigenvalue weighted by Crippen LogP contribution is 2.36. The number of rotatable bonds is 7. The first-order valence-electron chi connectivity index (χ1n) is 9.87. The summed E-state index contributed by atoms with van der Waals surface area (Å²) in [6.07, 6.45) is 8.83. The van der Waals surface area contributed by atoms with Gasteiger partial charge in [-0.2, -0.15) is 0 Å². The molecule has 1 heterocycles. The first kappa shape index (κ1) is 21.1. The molecular weight excluding hydrogens is 390 g/mol. The van der Waals surface area contributed by atoms with E-state index in [-0.39, 0.29) is 30.2 Å². The molecule has 6 nitrogen and oxygen atoms in total. The standard InChI is InChI=1S/C22H26ClN3O3/c1-29-18-9-10-19(25-21(27)14-23)20(13-18)26(17-7-3-2-4-8-17)22(28)12-16-6-5-11-24-15-16/h5-6,9-11,13,15,17H,2-4,7-8,12,14H2,1H3,(H,25,27). The largest absolute Gasteiger partial charge is 0.497 e. The fourth-order valence-electron chi connectivity index (χ4n) is 3.76. The van der Waals surface area contributed by atoms with Crippen LogP contribution in [0.3, 0.4) is 0 Å². The number of pyridine rings is 1.